The summed E-state index contributed by atoms with van der Waals surface area (Å²) in [5, 5.41) is 0.499. The van der Waals surface area contributed by atoms with Crippen LogP contribution in [0.25, 0.3) is 10.1 Å². The first kappa shape index (κ1) is 17.3. The third kappa shape index (κ3) is 3.18. The number of sulfonamides is 1. The molecule has 3 rings (SSSR count). The Bertz CT molecular complexity index is 892. The first-order valence-corrected chi connectivity index (χ1v) is 10.4. The van der Waals surface area contributed by atoms with E-state index < -0.39 is 10.0 Å². The number of aryl methyl sites for hydroxylation is 1. The number of carbonyl (C=O) groups is 1. The van der Waals surface area contributed by atoms with Crippen molar-refractivity contribution in [3.8, 4) is 0 Å². The number of thiophene rings is 1. The van der Waals surface area contributed by atoms with E-state index in [0.717, 1.165) is 4.70 Å². The lowest BCUT2D eigenvalue weighted by Gasteiger charge is -2.20. The Morgan fingerprint density at radius 2 is 1.96 bits per heavy atom. The van der Waals surface area contributed by atoms with Gasteiger partial charge >= 0.3 is 0 Å². The molecule has 1 aliphatic heterocycles. The molecule has 1 aromatic carbocycles. The predicted octanol–water partition coefficient (Wildman–Crippen LogP) is 2.46. The molecule has 8 heteroatoms. The van der Waals surface area contributed by atoms with Crippen LogP contribution in [0, 0.1) is 12.7 Å². The number of rotatable bonds is 2. The highest BCUT2D eigenvalue weighted by molar-refractivity contribution is 7.88. The second-order valence-corrected chi connectivity index (χ2v) is 9.01. The number of fused-ring (bicyclic) bond motifs is 1. The third-order valence-corrected chi connectivity index (χ3v) is 6.86. The van der Waals surface area contributed by atoms with Gasteiger partial charge < -0.3 is 4.90 Å². The summed E-state index contributed by atoms with van der Waals surface area (Å²) in [7, 11) is -3.25. The van der Waals surface area contributed by atoms with E-state index in [1.807, 2.05) is 0 Å². The van der Waals surface area contributed by atoms with Gasteiger partial charge in [-0.05, 0) is 31.0 Å². The lowest BCUT2D eigenvalue weighted by Crippen LogP contribution is -2.36. The molecule has 0 atom stereocenters. The van der Waals surface area contributed by atoms with Crippen molar-refractivity contribution in [1.82, 2.24) is 9.21 Å². The van der Waals surface area contributed by atoms with Gasteiger partial charge in [0.15, 0.2) is 0 Å². The lowest BCUT2D eigenvalue weighted by atomic mass is 10.1. The highest BCUT2D eigenvalue weighted by Crippen LogP contribution is 2.33. The fourth-order valence-corrected chi connectivity index (χ4v) is 5.09. The Balaban J connectivity index is 1.87. The van der Waals surface area contributed by atoms with Crippen LogP contribution in [0.1, 0.15) is 21.7 Å². The molecule has 2 aromatic rings. The van der Waals surface area contributed by atoms with Crippen molar-refractivity contribution < 1.29 is 17.6 Å². The second-order valence-electron chi connectivity index (χ2n) is 5.98. The maximum absolute atomic E-state index is 14.0. The molecule has 0 aliphatic carbocycles. The first-order valence-electron chi connectivity index (χ1n) is 7.71. The van der Waals surface area contributed by atoms with Gasteiger partial charge in [0.1, 0.15) is 5.82 Å². The summed E-state index contributed by atoms with van der Waals surface area (Å²) < 4.78 is 39.5. The van der Waals surface area contributed by atoms with E-state index in [1.54, 1.807) is 24.0 Å². The number of carbonyl (C=O) groups excluding carboxylic acids is 1. The summed E-state index contributed by atoms with van der Waals surface area (Å²) in [6.45, 7) is 3.32. The van der Waals surface area contributed by atoms with Crippen LogP contribution >= 0.6 is 11.3 Å². The van der Waals surface area contributed by atoms with E-state index >= 15 is 0 Å². The van der Waals surface area contributed by atoms with Crippen LogP contribution < -0.4 is 0 Å². The van der Waals surface area contributed by atoms with Crippen molar-refractivity contribution in [2.45, 2.75) is 13.3 Å². The quantitative estimate of drug-likeness (QED) is 0.816. The van der Waals surface area contributed by atoms with Crippen molar-refractivity contribution in [3.05, 3.63) is 34.5 Å². The minimum atomic E-state index is -3.25. The van der Waals surface area contributed by atoms with E-state index in [2.05, 4.69) is 0 Å². The molecule has 1 fully saturated rings. The zero-order chi connectivity index (χ0) is 17.5. The van der Waals surface area contributed by atoms with E-state index in [0.29, 0.717) is 48.4 Å². The summed E-state index contributed by atoms with van der Waals surface area (Å²) in [5.74, 6) is -0.470. The van der Waals surface area contributed by atoms with Crippen molar-refractivity contribution in [1.29, 1.82) is 0 Å². The Kier molecular flexibility index (Phi) is 4.63. The van der Waals surface area contributed by atoms with Gasteiger partial charge in [-0.2, -0.15) is 0 Å². The van der Waals surface area contributed by atoms with Crippen molar-refractivity contribution in [2.75, 3.05) is 32.4 Å². The molecule has 0 N–H and O–H groups in total. The molecule has 1 aromatic heterocycles. The molecule has 1 amide bonds. The van der Waals surface area contributed by atoms with E-state index in [-0.39, 0.29) is 11.7 Å². The molecule has 24 heavy (non-hydrogen) atoms. The normalized spacial score (nSPS) is 17.2. The summed E-state index contributed by atoms with van der Waals surface area (Å²) in [5.41, 5.74) is 0.655. The molecule has 0 unspecified atom stereocenters. The number of hydrogen-bond acceptors (Lipinski definition) is 4. The van der Waals surface area contributed by atoms with Crippen LogP contribution in [0.5, 0.6) is 0 Å². The number of halogens is 1. The molecule has 0 radical (unpaired) electrons. The molecule has 1 aliphatic rings. The first-order chi connectivity index (χ1) is 11.3. The summed E-state index contributed by atoms with van der Waals surface area (Å²) >= 11 is 1.29. The molecule has 0 saturated carbocycles. The standard InChI is InChI=1S/C16H19FN2O3S2/c1-11-14-12(17)5-3-6-13(14)23-15(11)16(20)18-7-4-8-19(10-9-18)24(2,21)22/h3,5-6H,4,7-10H2,1-2H3. The second kappa shape index (κ2) is 6.42. The third-order valence-electron chi connectivity index (χ3n) is 4.31. The van der Waals surface area contributed by atoms with Crippen LogP contribution in [0.2, 0.25) is 0 Å². The summed E-state index contributed by atoms with van der Waals surface area (Å²) in [6, 6.07) is 4.84. The molecule has 5 nitrogen and oxygen atoms in total. The Morgan fingerprint density at radius 1 is 1.21 bits per heavy atom. The molecule has 130 valence electrons. The predicted molar refractivity (Wildman–Crippen MR) is 93.5 cm³/mol. The molecule has 0 spiro atoms. The van der Waals surface area contributed by atoms with E-state index in [1.165, 1.54) is 28.0 Å². The van der Waals surface area contributed by atoms with Gasteiger partial charge in [0.2, 0.25) is 10.0 Å². The Labute approximate surface area is 144 Å². The molecule has 1 saturated heterocycles. The monoisotopic (exact) mass is 370 g/mol. The van der Waals surface area contributed by atoms with Crippen LogP contribution in [0.3, 0.4) is 0 Å². The van der Waals surface area contributed by atoms with Gasteiger partial charge in [0.25, 0.3) is 5.91 Å². The van der Waals surface area contributed by atoms with Gasteiger partial charge in [-0.1, -0.05) is 6.07 Å². The number of amides is 1. The largest absolute Gasteiger partial charge is 0.337 e. The maximum Gasteiger partial charge on any atom is 0.264 e. The van der Waals surface area contributed by atoms with Gasteiger partial charge in [0, 0.05) is 36.3 Å². The minimum Gasteiger partial charge on any atom is -0.337 e. The van der Waals surface area contributed by atoms with Crippen molar-refractivity contribution in [2.24, 2.45) is 0 Å². The molecular formula is C16H19FN2O3S2. The van der Waals surface area contributed by atoms with Crippen LogP contribution in [0.4, 0.5) is 4.39 Å². The number of hydrogen-bond donors (Lipinski definition) is 0. The van der Waals surface area contributed by atoms with Crippen LogP contribution in [-0.4, -0.2) is 56.0 Å². The molecule has 2 heterocycles. The fraction of sp³-hybridized carbons (Fsp3) is 0.438. The SMILES string of the molecule is Cc1c(C(=O)N2CCCN(S(C)(=O)=O)CC2)sc2cccc(F)c12. The smallest absolute Gasteiger partial charge is 0.264 e. The highest BCUT2D eigenvalue weighted by atomic mass is 32.2. The zero-order valence-electron chi connectivity index (χ0n) is 13.6. The number of benzene rings is 1. The zero-order valence-corrected chi connectivity index (χ0v) is 15.2. The lowest BCUT2D eigenvalue weighted by molar-refractivity contribution is 0.0768. The topological polar surface area (TPSA) is 57.7 Å². The number of nitrogens with zero attached hydrogens (tertiary/aromatic N) is 2. The van der Waals surface area contributed by atoms with Crippen molar-refractivity contribution in [3.63, 3.8) is 0 Å². The van der Waals surface area contributed by atoms with E-state index in [4.69, 9.17) is 0 Å². The fourth-order valence-electron chi connectivity index (χ4n) is 3.03. The van der Waals surface area contributed by atoms with Gasteiger partial charge in [-0.25, -0.2) is 17.1 Å². The summed E-state index contributed by atoms with van der Waals surface area (Å²) in [4.78, 5) is 15.1. The maximum atomic E-state index is 14.0. The van der Waals surface area contributed by atoms with E-state index in [9.17, 15) is 17.6 Å². The Morgan fingerprint density at radius 3 is 2.62 bits per heavy atom. The van der Waals surface area contributed by atoms with Gasteiger partial charge in [-0.15, -0.1) is 11.3 Å². The van der Waals surface area contributed by atoms with Gasteiger partial charge in [-0.3, -0.25) is 4.79 Å². The molecular weight excluding hydrogens is 351 g/mol. The average Bonchev–Trinajstić information content (AvgIpc) is 2.71. The minimum absolute atomic E-state index is 0.150. The average molecular weight is 370 g/mol. The summed E-state index contributed by atoms with van der Waals surface area (Å²) in [6.07, 6.45) is 1.78. The molecule has 0 bridgehead atoms. The highest BCUT2D eigenvalue weighted by Gasteiger charge is 2.27. The van der Waals surface area contributed by atoms with Crippen LogP contribution in [0.15, 0.2) is 18.2 Å². The van der Waals surface area contributed by atoms with Gasteiger partial charge in [0.05, 0.1) is 11.1 Å². The van der Waals surface area contributed by atoms with Crippen LogP contribution in [-0.2, 0) is 10.0 Å². The Hall–Kier alpha value is -1.51. The van der Waals surface area contributed by atoms with Crippen molar-refractivity contribution >= 4 is 37.4 Å².